The summed E-state index contributed by atoms with van der Waals surface area (Å²) < 4.78 is 20.2. The summed E-state index contributed by atoms with van der Waals surface area (Å²) in [7, 11) is 1.39. The van der Waals surface area contributed by atoms with Gasteiger partial charge >= 0.3 is 0 Å². The topological polar surface area (TPSA) is 56.1 Å². The lowest BCUT2D eigenvalue weighted by Crippen LogP contribution is -2.11. The fourth-order valence-electron chi connectivity index (χ4n) is 2.29. The van der Waals surface area contributed by atoms with E-state index < -0.39 is 5.82 Å². The number of rotatable bonds is 5. The van der Waals surface area contributed by atoms with Crippen molar-refractivity contribution in [3.63, 3.8) is 0 Å². The minimum atomic E-state index is -0.532. The zero-order valence-electron chi connectivity index (χ0n) is 13.1. The van der Waals surface area contributed by atoms with Crippen LogP contribution in [0.5, 0.6) is 5.75 Å². The summed E-state index contributed by atoms with van der Waals surface area (Å²) >= 11 is 0. The highest BCUT2D eigenvalue weighted by Gasteiger charge is 2.11. The number of aromatic nitrogens is 2. The number of carbonyl (C=O) groups excluding carboxylic acids is 1. The maximum Gasteiger partial charge on any atom is 0.258 e. The van der Waals surface area contributed by atoms with Crippen molar-refractivity contribution in [2.45, 2.75) is 6.54 Å². The summed E-state index contributed by atoms with van der Waals surface area (Å²) in [4.78, 5) is 12.2. The van der Waals surface area contributed by atoms with Gasteiger partial charge in [-0.05, 0) is 17.7 Å². The Kier molecular flexibility index (Phi) is 4.56. The molecule has 1 N–H and O–H groups in total. The van der Waals surface area contributed by atoms with Gasteiger partial charge in [0.2, 0.25) is 0 Å². The first kappa shape index (κ1) is 15.7. The van der Waals surface area contributed by atoms with Gasteiger partial charge in [0, 0.05) is 18.0 Å². The summed E-state index contributed by atoms with van der Waals surface area (Å²) in [6.45, 7) is 0.575. The Balaban J connectivity index is 1.68. The molecule has 0 saturated carbocycles. The molecular formula is C18H16FN3O2. The fraction of sp³-hybridized carbons (Fsp3) is 0.111. The Morgan fingerprint density at radius 1 is 1.25 bits per heavy atom. The molecule has 24 heavy (non-hydrogen) atoms. The zero-order chi connectivity index (χ0) is 16.9. The normalized spacial score (nSPS) is 10.4. The van der Waals surface area contributed by atoms with E-state index in [2.05, 4.69) is 10.4 Å². The van der Waals surface area contributed by atoms with Gasteiger partial charge in [-0.3, -0.25) is 9.48 Å². The molecule has 0 atom stereocenters. The molecule has 0 radical (unpaired) electrons. The average molecular weight is 325 g/mol. The summed E-state index contributed by atoms with van der Waals surface area (Å²) in [6.07, 6.45) is 3.14. The summed E-state index contributed by atoms with van der Waals surface area (Å²) in [5.41, 5.74) is 1.85. The van der Waals surface area contributed by atoms with E-state index in [-0.39, 0.29) is 11.7 Å². The highest BCUT2D eigenvalue weighted by molar-refractivity contribution is 6.03. The second-order valence-electron chi connectivity index (χ2n) is 5.22. The molecule has 0 spiro atoms. The Labute approximate surface area is 138 Å². The number of anilines is 1. The molecule has 122 valence electrons. The van der Waals surface area contributed by atoms with Gasteiger partial charge in [-0.1, -0.05) is 30.3 Å². The average Bonchev–Trinajstić information content (AvgIpc) is 3.04. The number of amides is 1. The monoisotopic (exact) mass is 325 g/mol. The van der Waals surface area contributed by atoms with Crippen LogP contribution in [0.25, 0.3) is 0 Å². The van der Waals surface area contributed by atoms with E-state index in [4.69, 9.17) is 4.74 Å². The van der Waals surface area contributed by atoms with Crippen LogP contribution in [0.2, 0.25) is 0 Å². The molecule has 5 nitrogen and oxygen atoms in total. The van der Waals surface area contributed by atoms with E-state index in [1.807, 2.05) is 30.3 Å². The van der Waals surface area contributed by atoms with Gasteiger partial charge in [-0.2, -0.15) is 5.10 Å². The van der Waals surface area contributed by atoms with Crippen molar-refractivity contribution in [2.75, 3.05) is 12.4 Å². The van der Waals surface area contributed by atoms with E-state index in [1.54, 1.807) is 16.9 Å². The van der Waals surface area contributed by atoms with E-state index in [0.29, 0.717) is 17.8 Å². The number of methoxy groups -OCH3 is 1. The second-order valence-corrected chi connectivity index (χ2v) is 5.22. The maximum atomic E-state index is 13.7. The SMILES string of the molecule is COc1ccc(NC(=O)c2cnn(Cc3ccccc3)c2)cc1F. The van der Waals surface area contributed by atoms with Crippen molar-refractivity contribution < 1.29 is 13.9 Å². The van der Waals surface area contributed by atoms with Crippen LogP contribution in [0.1, 0.15) is 15.9 Å². The smallest absolute Gasteiger partial charge is 0.258 e. The van der Waals surface area contributed by atoms with Gasteiger partial charge in [0.05, 0.1) is 25.4 Å². The van der Waals surface area contributed by atoms with Gasteiger partial charge < -0.3 is 10.1 Å². The molecule has 1 aromatic heterocycles. The Morgan fingerprint density at radius 2 is 2.04 bits per heavy atom. The van der Waals surface area contributed by atoms with E-state index in [0.717, 1.165) is 5.56 Å². The fourth-order valence-corrected chi connectivity index (χ4v) is 2.29. The summed E-state index contributed by atoms with van der Waals surface area (Å²) in [6, 6.07) is 14.1. The molecule has 0 saturated heterocycles. The van der Waals surface area contributed by atoms with Crippen LogP contribution in [0.15, 0.2) is 60.9 Å². The molecule has 0 aliphatic rings. The third kappa shape index (κ3) is 3.60. The first-order valence-corrected chi connectivity index (χ1v) is 7.37. The minimum absolute atomic E-state index is 0.128. The Bertz CT molecular complexity index is 846. The number of nitrogens with zero attached hydrogens (tertiary/aromatic N) is 2. The van der Waals surface area contributed by atoms with Crippen LogP contribution in [0.4, 0.5) is 10.1 Å². The van der Waals surface area contributed by atoms with E-state index in [1.165, 1.54) is 25.4 Å². The van der Waals surface area contributed by atoms with Gasteiger partial charge in [-0.15, -0.1) is 0 Å². The lowest BCUT2D eigenvalue weighted by molar-refractivity contribution is 0.102. The summed E-state index contributed by atoms with van der Waals surface area (Å²) in [5, 5.41) is 6.82. The molecule has 1 heterocycles. The van der Waals surface area contributed by atoms with Crippen LogP contribution in [-0.4, -0.2) is 22.8 Å². The van der Waals surface area contributed by atoms with Crippen molar-refractivity contribution in [3.8, 4) is 5.75 Å². The predicted molar refractivity (Wildman–Crippen MR) is 88.7 cm³/mol. The third-order valence-electron chi connectivity index (χ3n) is 3.49. The van der Waals surface area contributed by atoms with Gasteiger partial charge in [-0.25, -0.2) is 4.39 Å². The molecule has 3 aromatic rings. The van der Waals surface area contributed by atoms with Crippen molar-refractivity contribution in [2.24, 2.45) is 0 Å². The lowest BCUT2D eigenvalue weighted by Gasteiger charge is -2.06. The van der Waals surface area contributed by atoms with Crippen molar-refractivity contribution >= 4 is 11.6 Å². The Morgan fingerprint density at radius 3 is 2.75 bits per heavy atom. The number of hydrogen-bond acceptors (Lipinski definition) is 3. The molecule has 0 aliphatic heterocycles. The highest BCUT2D eigenvalue weighted by Crippen LogP contribution is 2.21. The first-order chi connectivity index (χ1) is 11.7. The number of ether oxygens (including phenoxy) is 1. The number of carbonyl (C=O) groups is 1. The van der Waals surface area contributed by atoms with Crippen LogP contribution in [-0.2, 0) is 6.54 Å². The van der Waals surface area contributed by atoms with Crippen molar-refractivity contribution in [3.05, 3.63) is 77.9 Å². The molecule has 0 fully saturated rings. The molecule has 2 aromatic carbocycles. The molecule has 0 bridgehead atoms. The largest absolute Gasteiger partial charge is 0.494 e. The van der Waals surface area contributed by atoms with Gasteiger partial charge in [0.25, 0.3) is 5.91 Å². The van der Waals surface area contributed by atoms with Crippen LogP contribution >= 0.6 is 0 Å². The quantitative estimate of drug-likeness (QED) is 0.783. The standard InChI is InChI=1S/C18H16FN3O2/c1-24-17-8-7-15(9-16(17)19)21-18(23)14-10-20-22(12-14)11-13-5-3-2-4-6-13/h2-10,12H,11H2,1H3,(H,21,23). The minimum Gasteiger partial charge on any atom is -0.494 e. The highest BCUT2D eigenvalue weighted by atomic mass is 19.1. The first-order valence-electron chi connectivity index (χ1n) is 7.37. The predicted octanol–water partition coefficient (Wildman–Crippen LogP) is 3.33. The number of halogens is 1. The third-order valence-corrected chi connectivity index (χ3v) is 3.49. The second kappa shape index (κ2) is 6.95. The maximum absolute atomic E-state index is 13.7. The molecule has 6 heteroatoms. The molecule has 3 rings (SSSR count). The van der Waals surface area contributed by atoms with Crippen LogP contribution < -0.4 is 10.1 Å². The molecular weight excluding hydrogens is 309 g/mol. The molecule has 0 unspecified atom stereocenters. The zero-order valence-corrected chi connectivity index (χ0v) is 13.1. The molecule has 1 amide bonds. The van der Waals surface area contributed by atoms with Crippen LogP contribution in [0.3, 0.4) is 0 Å². The molecule has 0 aliphatic carbocycles. The Hall–Kier alpha value is -3.15. The number of hydrogen-bond donors (Lipinski definition) is 1. The summed E-state index contributed by atoms with van der Waals surface area (Å²) in [5.74, 6) is -0.752. The van der Waals surface area contributed by atoms with Crippen molar-refractivity contribution in [1.82, 2.24) is 9.78 Å². The number of nitrogens with one attached hydrogen (secondary N) is 1. The van der Waals surface area contributed by atoms with Gasteiger partial charge in [0.15, 0.2) is 11.6 Å². The lowest BCUT2D eigenvalue weighted by atomic mass is 10.2. The van der Waals surface area contributed by atoms with E-state index in [9.17, 15) is 9.18 Å². The van der Waals surface area contributed by atoms with Crippen LogP contribution in [0, 0.1) is 5.82 Å². The van der Waals surface area contributed by atoms with Gasteiger partial charge in [0.1, 0.15) is 0 Å². The van der Waals surface area contributed by atoms with E-state index >= 15 is 0 Å². The number of benzene rings is 2. The van der Waals surface area contributed by atoms with Crippen molar-refractivity contribution in [1.29, 1.82) is 0 Å².